The van der Waals surface area contributed by atoms with Gasteiger partial charge >= 0.3 is 0 Å². The van der Waals surface area contributed by atoms with Gasteiger partial charge in [-0.05, 0) is 56.5 Å². The van der Waals surface area contributed by atoms with Gasteiger partial charge in [0.05, 0.1) is 4.47 Å². The number of benzene rings is 1. The Labute approximate surface area is 116 Å². The number of hydrogen-bond acceptors (Lipinski definition) is 2. The van der Waals surface area contributed by atoms with E-state index in [2.05, 4.69) is 55.9 Å². The van der Waals surface area contributed by atoms with Crippen LogP contribution in [0.5, 0.6) is 0 Å². The van der Waals surface area contributed by atoms with Crippen molar-refractivity contribution < 1.29 is 0 Å². The second kappa shape index (κ2) is 5.34. The Morgan fingerprint density at radius 3 is 2.62 bits per heavy atom. The maximum absolute atomic E-state index is 4.38. The average Bonchev–Trinajstić information content (AvgIpc) is 2.25. The van der Waals surface area contributed by atoms with Crippen LogP contribution in [0.1, 0.15) is 5.56 Å². The minimum atomic E-state index is 0.980. The summed E-state index contributed by atoms with van der Waals surface area (Å²) < 4.78 is 1.99. The average molecular weight is 359 g/mol. The predicted molar refractivity (Wildman–Crippen MR) is 74.9 cm³/mol. The molecule has 0 amide bonds. The van der Waals surface area contributed by atoms with E-state index in [9.17, 15) is 0 Å². The number of pyridine rings is 1. The van der Waals surface area contributed by atoms with Crippen LogP contribution in [0.15, 0.2) is 55.4 Å². The van der Waals surface area contributed by atoms with Gasteiger partial charge in [-0.2, -0.15) is 0 Å². The second-order valence-corrected chi connectivity index (χ2v) is 6.11. The molecule has 0 aliphatic rings. The molecule has 1 aromatic carbocycles. The van der Waals surface area contributed by atoms with E-state index in [1.807, 2.05) is 24.4 Å². The molecule has 2 aromatic rings. The number of aromatic nitrogens is 1. The topological polar surface area (TPSA) is 12.9 Å². The molecular weight excluding hydrogens is 350 g/mol. The maximum atomic E-state index is 4.38. The molecule has 0 unspecified atom stereocenters. The molecule has 0 saturated heterocycles. The molecule has 0 bridgehead atoms. The van der Waals surface area contributed by atoms with Crippen molar-refractivity contribution in [3.8, 4) is 0 Å². The van der Waals surface area contributed by atoms with E-state index >= 15 is 0 Å². The van der Waals surface area contributed by atoms with Crippen molar-refractivity contribution in [3.05, 3.63) is 51.0 Å². The lowest BCUT2D eigenvalue weighted by Gasteiger charge is -2.06. The highest BCUT2D eigenvalue weighted by molar-refractivity contribution is 9.11. The lowest BCUT2D eigenvalue weighted by molar-refractivity contribution is 1.09. The fraction of sp³-hybridized carbons (Fsp3) is 0.0833. The van der Waals surface area contributed by atoms with Crippen molar-refractivity contribution >= 4 is 43.6 Å². The monoisotopic (exact) mass is 357 g/mol. The number of halogens is 2. The normalized spacial score (nSPS) is 10.4. The molecule has 0 fully saturated rings. The summed E-state index contributed by atoms with van der Waals surface area (Å²) in [6, 6.07) is 10.3. The van der Waals surface area contributed by atoms with E-state index in [-0.39, 0.29) is 0 Å². The molecule has 1 heterocycles. The van der Waals surface area contributed by atoms with Gasteiger partial charge in [0.1, 0.15) is 5.03 Å². The van der Waals surface area contributed by atoms with E-state index in [1.165, 1.54) is 10.5 Å². The summed E-state index contributed by atoms with van der Waals surface area (Å²) in [6.45, 7) is 2.11. The lowest BCUT2D eigenvalue weighted by atomic mass is 10.2. The SMILES string of the molecule is Cc1ccccc1Sc1ncc(Br)cc1Br. The van der Waals surface area contributed by atoms with Crippen LogP contribution in [0.2, 0.25) is 0 Å². The highest BCUT2D eigenvalue weighted by Crippen LogP contribution is 2.34. The summed E-state index contributed by atoms with van der Waals surface area (Å²) in [5, 5.41) is 0.984. The zero-order chi connectivity index (χ0) is 11.5. The molecule has 2 rings (SSSR count). The predicted octanol–water partition coefficient (Wildman–Crippen LogP) is 5.07. The molecule has 1 aromatic heterocycles. The molecule has 0 aliphatic carbocycles. The van der Waals surface area contributed by atoms with Gasteiger partial charge in [0.15, 0.2) is 0 Å². The first-order valence-corrected chi connectivity index (χ1v) is 7.11. The molecule has 16 heavy (non-hydrogen) atoms. The standard InChI is InChI=1S/C12H9Br2NS/c1-8-4-2-3-5-11(8)16-12-10(14)6-9(13)7-15-12/h2-7H,1H3. The third-order valence-electron chi connectivity index (χ3n) is 2.07. The lowest BCUT2D eigenvalue weighted by Crippen LogP contribution is -1.84. The summed E-state index contributed by atoms with van der Waals surface area (Å²) in [6.07, 6.45) is 1.81. The van der Waals surface area contributed by atoms with Crippen molar-refractivity contribution in [1.29, 1.82) is 0 Å². The molecule has 0 radical (unpaired) electrons. The fourth-order valence-electron chi connectivity index (χ4n) is 1.25. The van der Waals surface area contributed by atoms with Gasteiger partial charge in [0.25, 0.3) is 0 Å². The Hall–Kier alpha value is -0.320. The Morgan fingerprint density at radius 2 is 1.94 bits per heavy atom. The van der Waals surface area contributed by atoms with Crippen molar-refractivity contribution in [2.75, 3.05) is 0 Å². The number of rotatable bonds is 2. The molecule has 0 saturated carbocycles. The zero-order valence-corrected chi connectivity index (χ0v) is 12.6. The fourth-order valence-corrected chi connectivity index (χ4v) is 3.33. The smallest absolute Gasteiger partial charge is 0.115 e. The van der Waals surface area contributed by atoms with E-state index in [4.69, 9.17) is 0 Å². The van der Waals surface area contributed by atoms with Gasteiger partial charge in [-0.1, -0.05) is 30.0 Å². The van der Waals surface area contributed by atoms with Gasteiger partial charge in [0.2, 0.25) is 0 Å². The maximum Gasteiger partial charge on any atom is 0.115 e. The third kappa shape index (κ3) is 2.87. The third-order valence-corrected chi connectivity index (χ3v) is 4.57. The summed E-state index contributed by atoms with van der Waals surface area (Å²) in [5.41, 5.74) is 1.27. The van der Waals surface area contributed by atoms with Crippen LogP contribution in [0.4, 0.5) is 0 Å². The van der Waals surface area contributed by atoms with Crippen LogP contribution < -0.4 is 0 Å². The van der Waals surface area contributed by atoms with Crippen LogP contribution in [-0.2, 0) is 0 Å². The van der Waals surface area contributed by atoms with E-state index in [0.29, 0.717) is 0 Å². The first-order chi connectivity index (χ1) is 7.66. The van der Waals surface area contributed by atoms with Crippen molar-refractivity contribution in [3.63, 3.8) is 0 Å². The van der Waals surface area contributed by atoms with Crippen LogP contribution >= 0.6 is 43.6 Å². The van der Waals surface area contributed by atoms with Gasteiger partial charge in [-0.3, -0.25) is 0 Å². The van der Waals surface area contributed by atoms with Gasteiger partial charge in [-0.25, -0.2) is 4.98 Å². The minimum absolute atomic E-state index is 0.980. The summed E-state index contributed by atoms with van der Waals surface area (Å²) in [4.78, 5) is 5.62. The molecule has 0 spiro atoms. The Bertz CT molecular complexity index is 514. The van der Waals surface area contributed by atoms with Gasteiger partial charge < -0.3 is 0 Å². The van der Waals surface area contributed by atoms with Crippen LogP contribution in [-0.4, -0.2) is 4.98 Å². The number of hydrogen-bond donors (Lipinski definition) is 0. The highest BCUT2D eigenvalue weighted by atomic mass is 79.9. The molecule has 4 heteroatoms. The van der Waals surface area contributed by atoms with Crippen LogP contribution in [0.25, 0.3) is 0 Å². The van der Waals surface area contributed by atoms with E-state index in [0.717, 1.165) is 14.0 Å². The quantitative estimate of drug-likeness (QED) is 0.743. The van der Waals surface area contributed by atoms with Crippen LogP contribution in [0, 0.1) is 6.92 Å². The van der Waals surface area contributed by atoms with E-state index < -0.39 is 0 Å². The summed E-state index contributed by atoms with van der Waals surface area (Å²) in [5.74, 6) is 0. The molecule has 82 valence electrons. The molecular formula is C12H9Br2NS. The first-order valence-electron chi connectivity index (χ1n) is 4.71. The summed E-state index contributed by atoms with van der Waals surface area (Å²) in [7, 11) is 0. The van der Waals surface area contributed by atoms with Crippen molar-refractivity contribution in [2.45, 2.75) is 16.8 Å². The number of aryl methyl sites for hydroxylation is 1. The first kappa shape index (κ1) is 12.1. The van der Waals surface area contributed by atoms with E-state index in [1.54, 1.807) is 11.8 Å². The van der Waals surface area contributed by atoms with Gasteiger partial charge in [0, 0.05) is 15.6 Å². The Balaban J connectivity index is 2.31. The van der Waals surface area contributed by atoms with Crippen molar-refractivity contribution in [2.24, 2.45) is 0 Å². The minimum Gasteiger partial charge on any atom is -0.247 e. The molecule has 1 nitrogen and oxygen atoms in total. The molecule has 0 N–H and O–H groups in total. The zero-order valence-electron chi connectivity index (χ0n) is 8.58. The van der Waals surface area contributed by atoms with Crippen molar-refractivity contribution in [1.82, 2.24) is 4.98 Å². The number of nitrogens with zero attached hydrogens (tertiary/aromatic N) is 1. The molecule has 0 aliphatic heterocycles. The largest absolute Gasteiger partial charge is 0.247 e. The second-order valence-electron chi connectivity index (χ2n) is 3.31. The summed E-state index contributed by atoms with van der Waals surface area (Å²) >= 11 is 8.58. The molecule has 0 atom stereocenters. The Kier molecular flexibility index (Phi) is 4.05. The highest BCUT2D eigenvalue weighted by Gasteiger charge is 2.06. The Morgan fingerprint density at radius 1 is 1.19 bits per heavy atom. The van der Waals surface area contributed by atoms with Crippen LogP contribution in [0.3, 0.4) is 0 Å². The van der Waals surface area contributed by atoms with Gasteiger partial charge in [-0.15, -0.1) is 0 Å².